The molecular formula is C14H12F2. The summed E-state index contributed by atoms with van der Waals surface area (Å²) in [6.45, 7) is 3.53. The highest BCUT2D eigenvalue weighted by Crippen LogP contribution is 2.25. The van der Waals surface area contributed by atoms with E-state index in [4.69, 9.17) is 0 Å². The van der Waals surface area contributed by atoms with Crippen LogP contribution in [-0.2, 0) is 0 Å². The smallest absolute Gasteiger partial charge is 0.126 e. The van der Waals surface area contributed by atoms with E-state index in [1.54, 1.807) is 19.1 Å². The minimum atomic E-state index is -0.270. The lowest BCUT2D eigenvalue weighted by Crippen LogP contribution is -1.88. The van der Waals surface area contributed by atoms with Gasteiger partial charge in [-0.25, -0.2) is 8.78 Å². The largest absolute Gasteiger partial charge is 0.207 e. The van der Waals surface area contributed by atoms with Crippen molar-refractivity contribution in [2.24, 2.45) is 0 Å². The molecule has 0 aliphatic carbocycles. The van der Waals surface area contributed by atoms with Crippen molar-refractivity contribution in [1.29, 1.82) is 0 Å². The normalized spacial score (nSPS) is 10.5. The molecule has 0 bridgehead atoms. The van der Waals surface area contributed by atoms with Gasteiger partial charge in [0.25, 0.3) is 0 Å². The Labute approximate surface area is 93.5 Å². The first-order valence-corrected chi connectivity index (χ1v) is 5.10. The molecule has 2 heteroatoms. The molecule has 0 atom stereocenters. The fourth-order valence-electron chi connectivity index (χ4n) is 1.71. The Bertz CT molecular complexity index is 530. The summed E-state index contributed by atoms with van der Waals surface area (Å²) in [6.07, 6.45) is 0. The number of rotatable bonds is 1. The standard InChI is InChI=1S/C14H12F2/c1-9-3-4-11(8-14(9)16)13-6-5-12(15)7-10(13)2/h3-8H,1-2H3. The predicted octanol–water partition coefficient (Wildman–Crippen LogP) is 4.25. The zero-order chi connectivity index (χ0) is 11.7. The number of benzene rings is 2. The van der Waals surface area contributed by atoms with Crippen molar-refractivity contribution >= 4 is 0 Å². The summed E-state index contributed by atoms with van der Waals surface area (Å²) in [5.74, 6) is -0.505. The third-order valence-corrected chi connectivity index (χ3v) is 2.67. The highest BCUT2D eigenvalue weighted by Gasteiger charge is 2.05. The van der Waals surface area contributed by atoms with Crippen molar-refractivity contribution in [3.63, 3.8) is 0 Å². The summed E-state index contributed by atoms with van der Waals surface area (Å²) in [5, 5.41) is 0. The maximum atomic E-state index is 13.4. The van der Waals surface area contributed by atoms with Crippen LogP contribution >= 0.6 is 0 Å². The molecule has 0 fully saturated rings. The maximum Gasteiger partial charge on any atom is 0.126 e. The summed E-state index contributed by atoms with van der Waals surface area (Å²) in [7, 11) is 0. The second-order valence-corrected chi connectivity index (χ2v) is 3.92. The molecule has 0 saturated heterocycles. The highest BCUT2D eigenvalue weighted by atomic mass is 19.1. The van der Waals surface area contributed by atoms with E-state index in [1.165, 1.54) is 18.2 Å². The van der Waals surface area contributed by atoms with E-state index in [9.17, 15) is 8.78 Å². The molecule has 0 aliphatic rings. The molecule has 0 aromatic heterocycles. The van der Waals surface area contributed by atoms with Gasteiger partial charge in [0.15, 0.2) is 0 Å². The van der Waals surface area contributed by atoms with Crippen LogP contribution in [0.15, 0.2) is 36.4 Å². The molecule has 0 radical (unpaired) electrons. The van der Waals surface area contributed by atoms with Crippen LogP contribution in [0.1, 0.15) is 11.1 Å². The molecule has 2 aromatic rings. The number of hydrogen-bond acceptors (Lipinski definition) is 0. The van der Waals surface area contributed by atoms with Crippen LogP contribution in [0.2, 0.25) is 0 Å². The van der Waals surface area contributed by atoms with Crippen molar-refractivity contribution in [3.05, 3.63) is 59.2 Å². The minimum absolute atomic E-state index is 0.235. The van der Waals surface area contributed by atoms with Gasteiger partial charge < -0.3 is 0 Å². The molecular weight excluding hydrogens is 206 g/mol. The van der Waals surface area contributed by atoms with Gasteiger partial charge in [0, 0.05) is 0 Å². The fourth-order valence-corrected chi connectivity index (χ4v) is 1.71. The zero-order valence-corrected chi connectivity index (χ0v) is 9.22. The Morgan fingerprint density at radius 2 is 1.56 bits per heavy atom. The van der Waals surface area contributed by atoms with Gasteiger partial charge >= 0.3 is 0 Å². The van der Waals surface area contributed by atoms with Gasteiger partial charge in [-0.05, 0) is 54.3 Å². The van der Waals surface area contributed by atoms with Gasteiger partial charge in [0.2, 0.25) is 0 Å². The highest BCUT2D eigenvalue weighted by molar-refractivity contribution is 5.67. The molecule has 0 amide bonds. The summed E-state index contributed by atoms with van der Waals surface area (Å²) in [4.78, 5) is 0. The van der Waals surface area contributed by atoms with Gasteiger partial charge in [0.1, 0.15) is 11.6 Å². The van der Waals surface area contributed by atoms with E-state index >= 15 is 0 Å². The van der Waals surface area contributed by atoms with Crippen LogP contribution in [0.3, 0.4) is 0 Å². The van der Waals surface area contributed by atoms with Crippen LogP contribution in [0.5, 0.6) is 0 Å². The van der Waals surface area contributed by atoms with Crippen LogP contribution in [-0.4, -0.2) is 0 Å². The average Bonchev–Trinajstić information content (AvgIpc) is 2.22. The maximum absolute atomic E-state index is 13.4. The summed E-state index contributed by atoms with van der Waals surface area (Å²) in [6, 6.07) is 9.57. The Balaban J connectivity index is 2.54. The van der Waals surface area contributed by atoms with Crippen LogP contribution in [0, 0.1) is 25.5 Å². The van der Waals surface area contributed by atoms with E-state index in [-0.39, 0.29) is 11.6 Å². The Kier molecular flexibility index (Phi) is 2.73. The van der Waals surface area contributed by atoms with Crippen molar-refractivity contribution in [1.82, 2.24) is 0 Å². The van der Waals surface area contributed by atoms with E-state index in [2.05, 4.69) is 0 Å². The third-order valence-electron chi connectivity index (χ3n) is 2.67. The van der Waals surface area contributed by atoms with Crippen molar-refractivity contribution in [3.8, 4) is 11.1 Å². The van der Waals surface area contributed by atoms with Crippen molar-refractivity contribution in [2.75, 3.05) is 0 Å². The summed E-state index contributed by atoms with van der Waals surface area (Å²) < 4.78 is 26.3. The molecule has 0 nitrogen and oxygen atoms in total. The van der Waals surface area contributed by atoms with Gasteiger partial charge in [-0.3, -0.25) is 0 Å². The molecule has 0 aliphatic heterocycles. The lowest BCUT2D eigenvalue weighted by Gasteiger charge is -2.07. The van der Waals surface area contributed by atoms with Gasteiger partial charge in [-0.2, -0.15) is 0 Å². The molecule has 16 heavy (non-hydrogen) atoms. The number of halogens is 2. The van der Waals surface area contributed by atoms with Gasteiger partial charge in [-0.15, -0.1) is 0 Å². The lowest BCUT2D eigenvalue weighted by atomic mass is 9.99. The summed E-state index contributed by atoms with van der Waals surface area (Å²) >= 11 is 0. The fraction of sp³-hybridized carbons (Fsp3) is 0.143. The van der Waals surface area contributed by atoms with Crippen molar-refractivity contribution in [2.45, 2.75) is 13.8 Å². The first-order valence-electron chi connectivity index (χ1n) is 5.10. The molecule has 0 spiro atoms. The molecule has 0 heterocycles. The average molecular weight is 218 g/mol. The zero-order valence-electron chi connectivity index (χ0n) is 9.22. The second-order valence-electron chi connectivity index (χ2n) is 3.92. The molecule has 82 valence electrons. The second kappa shape index (κ2) is 4.05. The monoisotopic (exact) mass is 218 g/mol. The van der Waals surface area contributed by atoms with E-state index in [0.717, 1.165) is 16.7 Å². The van der Waals surface area contributed by atoms with E-state index in [0.29, 0.717) is 5.56 Å². The Morgan fingerprint density at radius 1 is 0.812 bits per heavy atom. The SMILES string of the molecule is Cc1ccc(-c2ccc(F)cc2C)cc1F. The molecule has 2 aromatic carbocycles. The predicted molar refractivity (Wildman–Crippen MR) is 61.3 cm³/mol. The van der Waals surface area contributed by atoms with Gasteiger partial charge in [-0.1, -0.05) is 18.2 Å². The van der Waals surface area contributed by atoms with Gasteiger partial charge in [0.05, 0.1) is 0 Å². The van der Waals surface area contributed by atoms with Crippen molar-refractivity contribution < 1.29 is 8.78 Å². The quantitative estimate of drug-likeness (QED) is 0.671. The third kappa shape index (κ3) is 1.96. The topological polar surface area (TPSA) is 0 Å². The number of aryl methyl sites for hydroxylation is 2. The van der Waals surface area contributed by atoms with Crippen LogP contribution in [0.25, 0.3) is 11.1 Å². The van der Waals surface area contributed by atoms with E-state index < -0.39 is 0 Å². The van der Waals surface area contributed by atoms with E-state index in [1.807, 2.05) is 13.0 Å². The lowest BCUT2D eigenvalue weighted by molar-refractivity contribution is 0.619. The Hall–Kier alpha value is -1.70. The van der Waals surface area contributed by atoms with Crippen LogP contribution in [0.4, 0.5) is 8.78 Å². The summed E-state index contributed by atoms with van der Waals surface area (Å²) in [5.41, 5.74) is 3.06. The Morgan fingerprint density at radius 3 is 2.19 bits per heavy atom. The molecule has 0 unspecified atom stereocenters. The number of hydrogen-bond donors (Lipinski definition) is 0. The molecule has 2 rings (SSSR count). The minimum Gasteiger partial charge on any atom is -0.207 e. The first kappa shape index (κ1) is 10.8. The van der Waals surface area contributed by atoms with Crippen LogP contribution < -0.4 is 0 Å². The molecule has 0 N–H and O–H groups in total. The molecule has 0 saturated carbocycles. The first-order chi connectivity index (χ1) is 7.58.